The van der Waals surface area contributed by atoms with Gasteiger partial charge < -0.3 is 10.1 Å². The second-order valence-corrected chi connectivity index (χ2v) is 6.92. The number of rotatable bonds is 8. The zero-order chi connectivity index (χ0) is 17.3. The largest absolute Gasteiger partial charge is 0.445 e. The van der Waals surface area contributed by atoms with Gasteiger partial charge in [-0.25, -0.2) is 4.79 Å². The standard InChI is InChI=1S/C19H29NO3/c1-5-6-12-16(13-17(21)19(2,3)4)20-18(22)23-14-15-10-8-7-9-11-15/h7-11,16H,5-6,12-14H2,1-4H3,(H,20,22)/t16-/m1/s1. The molecule has 0 spiro atoms. The average molecular weight is 319 g/mol. The van der Waals surface area contributed by atoms with E-state index in [-0.39, 0.29) is 23.8 Å². The highest BCUT2D eigenvalue weighted by atomic mass is 16.5. The van der Waals surface area contributed by atoms with E-state index in [2.05, 4.69) is 12.2 Å². The molecular formula is C19H29NO3. The van der Waals surface area contributed by atoms with Crippen LogP contribution in [0.4, 0.5) is 4.79 Å². The molecule has 1 rings (SSSR count). The van der Waals surface area contributed by atoms with Gasteiger partial charge in [-0.3, -0.25) is 4.79 Å². The maximum absolute atomic E-state index is 12.2. The maximum Gasteiger partial charge on any atom is 0.407 e. The molecule has 0 fully saturated rings. The number of carbonyl (C=O) groups is 2. The van der Waals surface area contributed by atoms with Crippen LogP contribution < -0.4 is 5.32 Å². The third-order valence-electron chi connectivity index (χ3n) is 3.71. The Labute approximate surface area is 139 Å². The minimum absolute atomic E-state index is 0.155. The third-order valence-corrected chi connectivity index (χ3v) is 3.71. The molecule has 1 aromatic carbocycles. The number of Topliss-reactive ketones (excluding diaryl/α,β-unsaturated/α-hetero) is 1. The number of hydrogen-bond donors (Lipinski definition) is 1. The summed E-state index contributed by atoms with van der Waals surface area (Å²) in [5, 5.41) is 2.84. The topological polar surface area (TPSA) is 55.4 Å². The number of ketones is 1. The van der Waals surface area contributed by atoms with Crippen molar-refractivity contribution in [2.45, 2.75) is 66.0 Å². The van der Waals surface area contributed by atoms with Crippen molar-refractivity contribution < 1.29 is 14.3 Å². The molecule has 1 aromatic rings. The Bertz CT molecular complexity index is 491. The van der Waals surface area contributed by atoms with Crippen LogP contribution in [0.5, 0.6) is 0 Å². The molecule has 0 heterocycles. The molecule has 0 aromatic heterocycles. The predicted molar refractivity (Wildman–Crippen MR) is 92.2 cm³/mol. The van der Waals surface area contributed by atoms with E-state index < -0.39 is 6.09 Å². The lowest BCUT2D eigenvalue weighted by Gasteiger charge is -2.23. The Kier molecular flexibility index (Phi) is 7.79. The lowest BCUT2D eigenvalue weighted by molar-refractivity contribution is -0.126. The van der Waals surface area contributed by atoms with E-state index in [4.69, 9.17) is 4.74 Å². The highest BCUT2D eigenvalue weighted by Crippen LogP contribution is 2.19. The molecular weight excluding hydrogens is 290 g/mol. The van der Waals surface area contributed by atoms with Crippen LogP contribution in [0.15, 0.2) is 30.3 Å². The van der Waals surface area contributed by atoms with Gasteiger partial charge in [0.15, 0.2) is 0 Å². The molecule has 0 saturated carbocycles. The van der Waals surface area contributed by atoms with E-state index in [1.54, 1.807) is 0 Å². The highest BCUT2D eigenvalue weighted by Gasteiger charge is 2.25. The summed E-state index contributed by atoms with van der Waals surface area (Å²) in [5.41, 5.74) is 0.554. The van der Waals surface area contributed by atoms with Crippen LogP contribution in [-0.2, 0) is 16.1 Å². The summed E-state index contributed by atoms with van der Waals surface area (Å²) in [7, 11) is 0. The molecule has 23 heavy (non-hydrogen) atoms. The lowest BCUT2D eigenvalue weighted by Crippen LogP contribution is -2.38. The van der Waals surface area contributed by atoms with E-state index in [1.807, 2.05) is 51.1 Å². The quantitative estimate of drug-likeness (QED) is 0.768. The number of ether oxygens (including phenoxy) is 1. The van der Waals surface area contributed by atoms with Crippen LogP contribution in [0.3, 0.4) is 0 Å². The molecule has 1 amide bonds. The molecule has 1 atom stereocenters. The van der Waals surface area contributed by atoms with Crippen LogP contribution in [0.1, 0.15) is 58.9 Å². The Morgan fingerprint density at radius 1 is 1.17 bits per heavy atom. The number of benzene rings is 1. The van der Waals surface area contributed by atoms with Gasteiger partial charge in [-0.2, -0.15) is 0 Å². The maximum atomic E-state index is 12.2. The summed E-state index contributed by atoms with van der Waals surface area (Å²) in [5.74, 6) is 0.155. The van der Waals surface area contributed by atoms with E-state index in [0.717, 1.165) is 24.8 Å². The fraction of sp³-hybridized carbons (Fsp3) is 0.579. The first-order chi connectivity index (χ1) is 10.8. The van der Waals surface area contributed by atoms with Gasteiger partial charge in [0, 0.05) is 17.9 Å². The molecule has 0 aliphatic rings. The third kappa shape index (κ3) is 7.82. The molecule has 4 nitrogen and oxygen atoms in total. The van der Waals surface area contributed by atoms with Crippen molar-refractivity contribution in [1.29, 1.82) is 0 Å². The van der Waals surface area contributed by atoms with Gasteiger partial charge in [0.05, 0.1) is 0 Å². The van der Waals surface area contributed by atoms with Gasteiger partial charge in [0.25, 0.3) is 0 Å². The Morgan fingerprint density at radius 2 is 1.83 bits per heavy atom. The van der Waals surface area contributed by atoms with Gasteiger partial charge in [-0.05, 0) is 12.0 Å². The van der Waals surface area contributed by atoms with E-state index >= 15 is 0 Å². The summed E-state index contributed by atoms with van der Waals surface area (Å²) in [6.07, 6.45) is 2.68. The first kappa shape index (κ1) is 19.2. The summed E-state index contributed by atoms with van der Waals surface area (Å²) < 4.78 is 5.24. The van der Waals surface area contributed by atoms with E-state index in [0.29, 0.717) is 6.42 Å². The molecule has 0 unspecified atom stereocenters. The number of alkyl carbamates (subject to hydrolysis) is 1. The van der Waals surface area contributed by atoms with E-state index in [9.17, 15) is 9.59 Å². The monoisotopic (exact) mass is 319 g/mol. The van der Waals surface area contributed by atoms with Gasteiger partial charge in [0.1, 0.15) is 12.4 Å². The predicted octanol–water partition coefficient (Wildman–Crippen LogP) is 4.48. The lowest BCUT2D eigenvalue weighted by atomic mass is 9.86. The molecule has 128 valence electrons. The molecule has 0 saturated heterocycles. The number of amides is 1. The van der Waals surface area contributed by atoms with Gasteiger partial charge in [-0.15, -0.1) is 0 Å². The van der Waals surface area contributed by atoms with Crippen molar-refractivity contribution in [2.75, 3.05) is 0 Å². The molecule has 0 bridgehead atoms. The van der Waals surface area contributed by atoms with Gasteiger partial charge in [-0.1, -0.05) is 70.9 Å². The van der Waals surface area contributed by atoms with Crippen molar-refractivity contribution in [3.8, 4) is 0 Å². The van der Waals surface area contributed by atoms with Crippen molar-refractivity contribution >= 4 is 11.9 Å². The average Bonchev–Trinajstić information content (AvgIpc) is 2.50. The van der Waals surface area contributed by atoms with Crippen LogP contribution >= 0.6 is 0 Å². The zero-order valence-electron chi connectivity index (χ0n) is 14.7. The van der Waals surface area contributed by atoms with Crippen LogP contribution in [-0.4, -0.2) is 17.9 Å². The van der Waals surface area contributed by atoms with Crippen molar-refractivity contribution in [1.82, 2.24) is 5.32 Å². The van der Waals surface area contributed by atoms with Gasteiger partial charge >= 0.3 is 6.09 Å². The Balaban J connectivity index is 2.51. The summed E-state index contributed by atoms with van der Waals surface area (Å²) in [4.78, 5) is 24.2. The van der Waals surface area contributed by atoms with Crippen LogP contribution in [0, 0.1) is 5.41 Å². The Hall–Kier alpha value is -1.84. The summed E-state index contributed by atoms with van der Waals surface area (Å²) in [6.45, 7) is 8.04. The summed E-state index contributed by atoms with van der Waals surface area (Å²) >= 11 is 0. The molecule has 0 aliphatic carbocycles. The molecule has 1 N–H and O–H groups in total. The minimum atomic E-state index is -0.461. The second kappa shape index (κ2) is 9.33. The smallest absolute Gasteiger partial charge is 0.407 e. The highest BCUT2D eigenvalue weighted by molar-refractivity contribution is 5.84. The first-order valence-corrected chi connectivity index (χ1v) is 8.33. The van der Waals surface area contributed by atoms with Gasteiger partial charge in [0.2, 0.25) is 0 Å². The van der Waals surface area contributed by atoms with E-state index in [1.165, 1.54) is 0 Å². The van der Waals surface area contributed by atoms with Crippen molar-refractivity contribution in [3.63, 3.8) is 0 Å². The first-order valence-electron chi connectivity index (χ1n) is 8.33. The Morgan fingerprint density at radius 3 is 2.39 bits per heavy atom. The number of unbranched alkanes of at least 4 members (excludes halogenated alkanes) is 1. The number of hydrogen-bond acceptors (Lipinski definition) is 3. The van der Waals surface area contributed by atoms with Crippen molar-refractivity contribution in [2.24, 2.45) is 5.41 Å². The number of nitrogens with one attached hydrogen (secondary N) is 1. The van der Waals surface area contributed by atoms with Crippen LogP contribution in [0.2, 0.25) is 0 Å². The molecule has 0 aliphatic heterocycles. The SMILES string of the molecule is CCCC[C@H](CC(=O)C(C)(C)C)NC(=O)OCc1ccccc1. The fourth-order valence-electron chi connectivity index (χ4n) is 2.14. The molecule has 0 radical (unpaired) electrons. The summed E-state index contributed by atoms with van der Waals surface area (Å²) in [6, 6.07) is 9.38. The van der Waals surface area contributed by atoms with Crippen LogP contribution in [0.25, 0.3) is 0 Å². The molecule has 4 heteroatoms. The normalized spacial score (nSPS) is 12.5. The van der Waals surface area contributed by atoms with Crippen molar-refractivity contribution in [3.05, 3.63) is 35.9 Å². The second-order valence-electron chi connectivity index (χ2n) is 6.92. The fourth-order valence-corrected chi connectivity index (χ4v) is 2.14. The number of carbonyl (C=O) groups excluding carboxylic acids is 2. The zero-order valence-corrected chi connectivity index (χ0v) is 14.7. The minimum Gasteiger partial charge on any atom is -0.445 e.